The highest BCUT2D eigenvalue weighted by Gasteiger charge is 2.34. The molecular formula is C30H32N8O. The number of carbonyl (C=O) groups excluding carboxylic acids is 1. The highest BCUT2D eigenvalue weighted by atomic mass is 16.1. The van der Waals surface area contributed by atoms with Crippen molar-refractivity contribution in [2.45, 2.75) is 72.6 Å². The van der Waals surface area contributed by atoms with Crippen LogP contribution in [0.3, 0.4) is 0 Å². The standard InChI is InChI=1S/C30H32N8O/c1-29(2)10-23(20(14-31)15-32)25(18-35)27(12-29)37-8-5-6-22(39)7-9-38-28-13-30(3,4)11-24(26(28)19-36)21(16-33)17-34/h37-38H,5-13H2,1-4H3. The summed E-state index contributed by atoms with van der Waals surface area (Å²) >= 11 is 0. The molecule has 0 aromatic carbocycles. The van der Waals surface area contributed by atoms with Crippen LogP contribution in [0.2, 0.25) is 0 Å². The lowest BCUT2D eigenvalue weighted by atomic mass is 9.73. The highest BCUT2D eigenvalue weighted by molar-refractivity contribution is 5.78. The number of allylic oxidation sites excluding steroid dienone is 8. The topological polar surface area (TPSA) is 184 Å². The largest absolute Gasteiger partial charge is 0.387 e. The number of hydrogen-bond acceptors (Lipinski definition) is 9. The average molecular weight is 521 g/mol. The van der Waals surface area contributed by atoms with Gasteiger partial charge in [-0.1, -0.05) is 27.7 Å². The summed E-state index contributed by atoms with van der Waals surface area (Å²) in [5.41, 5.74) is 2.33. The fourth-order valence-electron chi connectivity index (χ4n) is 5.08. The molecule has 2 N–H and O–H groups in total. The first kappa shape index (κ1) is 30.4. The van der Waals surface area contributed by atoms with Crippen molar-refractivity contribution in [2.75, 3.05) is 13.1 Å². The summed E-state index contributed by atoms with van der Waals surface area (Å²) in [7, 11) is 0. The maximum Gasteiger partial charge on any atom is 0.134 e. The lowest BCUT2D eigenvalue weighted by molar-refractivity contribution is -0.119. The SMILES string of the molecule is CC1(C)CC(NCCCC(=O)CCNC2=C(C#N)C(=C(C#N)C#N)CC(C)(C)C2)=C(C#N)C(=C(C#N)C#N)C1. The second-order valence-electron chi connectivity index (χ2n) is 11.4. The molecule has 9 nitrogen and oxygen atoms in total. The Hall–Kier alpha value is -4.83. The Labute approximate surface area is 230 Å². The molecule has 9 heteroatoms. The molecule has 0 spiro atoms. The van der Waals surface area contributed by atoms with Crippen LogP contribution in [0, 0.1) is 78.8 Å². The van der Waals surface area contributed by atoms with Crippen molar-refractivity contribution in [3.05, 3.63) is 44.8 Å². The Kier molecular flexibility index (Phi) is 10.2. The van der Waals surface area contributed by atoms with Crippen molar-refractivity contribution in [1.29, 1.82) is 31.6 Å². The van der Waals surface area contributed by atoms with E-state index in [9.17, 15) is 36.4 Å². The summed E-state index contributed by atoms with van der Waals surface area (Å²) in [4.78, 5) is 12.5. The molecule has 0 aliphatic heterocycles. The van der Waals surface area contributed by atoms with Gasteiger partial charge in [0, 0.05) is 48.5 Å². The van der Waals surface area contributed by atoms with Gasteiger partial charge >= 0.3 is 0 Å². The van der Waals surface area contributed by atoms with Crippen molar-refractivity contribution < 1.29 is 4.79 Å². The molecule has 0 aromatic heterocycles. The Balaban J connectivity index is 2.00. The maximum atomic E-state index is 12.5. The zero-order valence-corrected chi connectivity index (χ0v) is 23.0. The smallest absolute Gasteiger partial charge is 0.134 e. The molecule has 0 amide bonds. The van der Waals surface area contributed by atoms with Crippen LogP contribution in [0.25, 0.3) is 0 Å². The quantitative estimate of drug-likeness (QED) is 0.318. The predicted octanol–water partition coefficient (Wildman–Crippen LogP) is 4.79. The summed E-state index contributed by atoms with van der Waals surface area (Å²) in [5, 5.41) is 63.2. The van der Waals surface area contributed by atoms with Crippen LogP contribution in [-0.2, 0) is 4.79 Å². The van der Waals surface area contributed by atoms with E-state index in [0.29, 0.717) is 85.3 Å². The average Bonchev–Trinajstić information content (AvgIpc) is 2.87. The van der Waals surface area contributed by atoms with Gasteiger partial charge < -0.3 is 10.6 Å². The fourth-order valence-corrected chi connectivity index (χ4v) is 5.08. The van der Waals surface area contributed by atoms with Crippen LogP contribution >= 0.6 is 0 Å². The van der Waals surface area contributed by atoms with Crippen LogP contribution in [0.5, 0.6) is 0 Å². The number of ketones is 1. The van der Waals surface area contributed by atoms with E-state index in [1.54, 1.807) is 0 Å². The third-order valence-corrected chi connectivity index (χ3v) is 6.82. The number of rotatable bonds is 9. The number of nitrogens with one attached hydrogen (secondary N) is 2. The van der Waals surface area contributed by atoms with E-state index < -0.39 is 0 Å². The zero-order chi connectivity index (χ0) is 29.2. The molecule has 2 rings (SSSR count). The van der Waals surface area contributed by atoms with Gasteiger partial charge in [-0.05, 0) is 42.9 Å². The van der Waals surface area contributed by atoms with Crippen LogP contribution in [0.15, 0.2) is 44.8 Å². The zero-order valence-electron chi connectivity index (χ0n) is 23.0. The minimum atomic E-state index is -0.242. The van der Waals surface area contributed by atoms with Crippen LogP contribution < -0.4 is 10.6 Å². The molecular weight excluding hydrogens is 488 g/mol. The van der Waals surface area contributed by atoms with E-state index in [4.69, 9.17) is 0 Å². The minimum Gasteiger partial charge on any atom is -0.387 e. The first-order valence-electron chi connectivity index (χ1n) is 12.8. The molecule has 39 heavy (non-hydrogen) atoms. The van der Waals surface area contributed by atoms with Gasteiger partial charge in [0.15, 0.2) is 0 Å². The monoisotopic (exact) mass is 520 g/mol. The molecule has 0 heterocycles. The number of carbonyl (C=O) groups is 1. The van der Waals surface area contributed by atoms with Gasteiger partial charge in [0.05, 0.1) is 11.1 Å². The number of Topliss-reactive ketones (excluding diaryl/α,β-unsaturated/α-hetero) is 1. The van der Waals surface area contributed by atoms with E-state index in [1.807, 2.05) is 52.0 Å². The second kappa shape index (κ2) is 13.1. The van der Waals surface area contributed by atoms with E-state index >= 15 is 0 Å². The van der Waals surface area contributed by atoms with E-state index in [0.717, 1.165) is 0 Å². The number of nitrogens with zero attached hydrogens (tertiary/aromatic N) is 6. The van der Waals surface area contributed by atoms with Crippen molar-refractivity contribution in [3.63, 3.8) is 0 Å². The van der Waals surface area contributed by atoms with E-state index in [2.05, 4.69) is 22.8 Å². The van der Waals surface area contributed by atoms with Crippen molar-refractivity contribution >= 4 is 5.78 Å². The van der Waals surface area contributed by atoms with E-state index in [-0.39, 0.29) is 34.2 Å². The summed E-state index contributed by atoms with van der Waals surface area (Å²) in [6, 6.07) is 11.9. The van der Waals surface area contributed by atoms with Crippen molar-refractivity contribution in [2.24, 2.45) is 10.8 Å². The summed E-state index contributed by atoms with van der Waals surface area (Å²) < 4.78 is 0. The first-order chi connectivity index (χ1) is 18.4. The van der Waals surface area contributed by atoms with Gasteiger partial charge in [-0.25, -0.2) is 0 Å². The molecule has 0 bridgehead atoms. The van der Waals surface area contributed by atoms with Crippen LogP contribution in [-0.4, -0.2) is 18.9 Å². The van der Waals surface area contributed by atoms with Gasteiger partial charge in [0.25, 0.3) is 0 Å². The van der Waals surface area contributed by atoms with Gasteiger partial charge in [-0.2, -0.15) is 31.6 Å². The Morgan fingerprint density at radius 3 is 1.46 bits per heavy atom. The molecule has 0 saturated heterocycles. The molecule has 0 radical (unpaired) electrons. The number of hydrogen-bond donors (Lipinski definition) is 2. The molecule has 0 saturated carbocycles. The molecule has 2 aliphatic rings. The normalized spacial score (nSPS) is 17.4. The third-order valence-electron chi connectivity index (χ3n) is 6.82. The lowest BCUT2D eigenvalue weighted by Gasteiger charge is -2.33. The Bertz CT molecular complexity index is 1380. The van der Waals surface area contributed by atoms with Gasteiger partial charge in [-0.15, -0.1) is 0 Å². The Morgan fingerprint density at radius 2 is 1.08 bits per heavy atom. The highest BCUT2D eigenvalue weighted by Crippen LogP contribution is 2.43. The second-order valence-corrected chi connectivity index (χ2v) is 11.4. The molecule has 0 fully saturated rings. The summed E-state index contributed by atoms with van der Waals surface area (Å²) in [6.07, 6.45) is 3.22. The van der Waals surface area contributed by atoms with Gasteiger partial charge in [0.1, 0.15) is 53.3 Å². The van der Waals surface area contributed by atoms with Gasteiger partial charge in [0.2, 0.25) is 0 Å². The predicted molar refractivity (Wildman–Crippen MR) is 143 cm³/mol. The third kappa shape index (κ3) is 7.83. The van der Waals surface area contributed by atoms with Crippen molar-refractivity contribution in [1.82, 2.24) is 10.6 Å². The van der Waals surface area contributed by atoms with Gasteiger partial charge in [-0.3, -0.25) is 4.79 Å². The lowest BCUT2D eigenvalue weighted by Crippen LogP contribution is -2.29. The minimum absolute atomic E-state index is 0.0410. The summed E-state index contributed by atoms with van der Waals surface area (Å²) in [6.45, 7) is 8.86. The molecule has 0 aromatic rings. The fraction of sp³-hybridized carbons (Fsp3) is 0.500. The molecule has 198 valence electrons. The molecule has 0 unspecified atom stereocenters. The first-order valence-corrected chi connectivity index (χ1v) is 12.8. The number of nitriles is 6. The molecule has 0 atom stereocenters. The molecule has 2 aliphatic carbocycles. The van der Waals surface area contributed by atoms with Crippen LogP contribution in [0.4, 0.5) is 0 Å². The van der Waals surface area contributed by atoms with Crippen LogP contribution in [0.1, 0.15) is 72.6 Å². The van der Waals surface area contributed by atoms with Crippen molar-refractivity contribution in [3.8, 4) is 36.4 Å². The Morgan fingerprint density at radius 1 is 0.667 bits per heavy atom. The summed E-state index contributed by atoms with van der Waals surface area (Å²) in [5.74, 6) is 0.0410. The maximum absolute atomic E-state index is 12.5. The van der Waals surface area contributed by atoms with E-state index in [1.165, 1.54) is 0 Å².